The molecule has 0 spiro atoms. The monoisotopic (exact) mass is 1190 g/mol. The first-order valence-electron chi connectivity index (χ1n) is 18.3. The number of pyridine rings is 2. The minimum Gasteiger partial charge on any atom is -0.255 e. The zero-order valence-corrected chi connectivity index (χ0v) is 44.1. The molecule has 0 unspecified atom stereocenters. The molecule has 0 aliphatic heterocycles. The number of halogens is 4. The van der Waals surface area contributed by atoms with Crippen LogP contribution in [-0.2, 0) is 40.8 Å². The number of benzene rings is 3. The summed E-state index contributed by atoms with van der Waals surface area (Å²) >= 11 is 0. The molecule has 0 aliphatic rings. The van der Waals surface area contributed by atoms with Gasteiger partial charge >= 0.3 is 0 Å². The molecule has 0 amide bonds. The van der Waals surface area contributed by atoms with Crippen LogP contribution in [0.2, 0.25) is 0 Å². The van der Waals surface area contributed by atoms with Crippen LogP contribution < -0.4 is 0 Å². The number of aliphatic imine (C=N–C) groups is 2. The Morgan fingerprint density at radius 2 is 0.786 bits per heavy atom. The molecule has 4 nitrogen and oxygen atoms in total. The molecule has 2 aromatic heterocycles. The van der Waals surface area contributed by atoms with E-state index in [4.69, 9.17) is 9.98 Å². The second kappa shape index (κ2) is 25.9. The Hall–Kier alpha value is -1.46. The third-order valence-electron chi connectivity index (χ3n) is 9.57. The van der Waals surface area contributed by atoms with E-state index in [0.29, 0.717) is 29.6 Å². The van der Waals surface area contributed by atoms with E-state index in [0.717, 1.165) is 22.8 Å². The standard InChI is InChI=1S/C46H54N4.4BrH.2Pd/c1-28(2)34-20-43(35-22-39(29(3)4)45(40(23-35)30(5)6)49-26-37-16-12-14-18-47-37)33(11)44(21-34)36-24-41(31(7)8)46(42(25-36)32(9)10)50-27-38-17-13-15-19-48-38;;;;;;/h12-32H,1-11H3;4*1H;;. The van der Waals surface area contributed by atoms with Gasteiger partial charge in [-0.2, -0.15) is 0 Å². The molecule has 0 atom stereocenters. The molecule has 2 heterocycles. The number of aromatic nitrogens is 2. The molecule has 0 N–H and O–H groups in total. The Labute approximate surface area is 406 Å². The Morgan fingerprint density at radius 3 is 1.04 bits per heavy atom. The predicted molar refractivity (Wildman–Crippen MR) is 257 cm³/mol. The van der Waals surface area contributed by atoms with E-state index in [-0.39, 0.29) is 109 Å². The third-order valence-corrected chi connectivity index (χ3v) is 9.57. The van der Waals surface area contributed by atoms with Crippen LogP contribution in [0.1, 0.15) is 144 Å². The van der Waals surface area contributed by atoms with Crippen LogP contribution >= 0.6 is 67.9 Å². The second-order valence-electron chi connectivity index (χ2n) is 15.0. The summed E-state index contributed by atoms with van der Waals surface area (Å²) in [6.45, 7) is 25.0. The van der Waals surface area contributed by atoms with Crippen molar-refractivity contribution in [2.24, 2.45) is 9.98 Å². The molecule has 0 bridgehead atoms. The van der Waals surface area contributed by atoms with Crippen molar-refractivity contribution in [1.82, 2.24) is 9.97 Å². The van der Waals surface area contributed by atoms with Crippen molar-refractivity contribution in [2.75, 3.05) is 0 Å². The summed E-state index contributed by atoms with van der Waals surface area (Å²) in [6.07, 6.45) is 7.43. The van der Waals surface area contributed by atoms with E-state index in [1.54, 1.807) is 0 Å². The van der Waals surface area contributed by atoms with Gasteiger partial charge in [-0.25, -0.2) is 0 Å². The third kappa shape index (κ3) is 13.8. The van der Waals surface area contributed by atoms with Gasteiger partial charge in [0.1, 0.15) is 0 Å². The summed E-state index contributed by atoms with van der Waals surface area (Å²) in [5.41, 5.74) is 16.6. The van der Waals surface area contributed by atoms with Crippen LogP contribution in [-0.4, -0.2) is 22.4 Å². The summed E-state index contributed by atoms with van der Waals surface area (Å²) in [7, 11) is 0. The van der Waals surface area contributed by atoms with Crippen LogP contribution in [0, 0.1) is 6.92 Å². The number of hydrogen-bond acceptors (Lipinski definition) is 4. The van der Waals surface area contributed by atoms with Gasteiger partial charge in [0.15, 0.2) is 0 Å². The Kier molecular flexibility index (Phi) is 26.2. The molecule has 10 heteroatoms. The van der Waals surface area contributed by atoms with Crippen LogP contribution in [0.25, 0.3) is 22.3 Å². The summed E-state index contributed by atoms with van der Waals surface area (Å²) in [4.78, 5) is 19.1. The first-order chi connectivity index (χ1) is 23.8. The van der Waals surface area contributed by atoms with Gasteiger partial charge in [0.25, 0.3) is 0 Å². The molecule has 0 saturated carbocycles. The fourth-order valence-electron chi connectivity index (χ4n) is 6.57. The normalized spacial score (nSPS) is 10.9. The minimum absolute atomic E-state index is 0. The van der Waals surface area contributed by atoms with Crippen LogP contribution in [0.15, 0.2) is 95.2 Å². The van der Waals surface area contributed by atoms with Gasteiger partial charge in [0, 0.05) is 53.2 Å². The van der Waals surface area contributed by atoms with E-state index < -0.39 is 0 Å². The smallest absolute Gasteiger partial charge is 0.0812 e. The molecule has 5 aromatic rings. The maximum absolute atomic E-state index is 5.08. The van der Waals surface area contributed by atoms with Gasteiger partial charge in [0.05, 0.1) is 35.2 Å². The number of rotatable bonds is 11. The van der Waals surface area contributed by atoms with Crippen LogP contribution in [0.5, 0.6) is 0 Å². The topological polar surface area (TPSA) is 50.5 Å². The average Bonchev–Trinajstić information content (AvgIpc) is 3.09. The van der Waals surface area contributed by atoms with Crippen LogP contribution in [0.3, 0.4) is 0 Å². The summed E-state index contributed by atoms with van der Waals surface area (Å²) in [5, 5.41) is 0. The molecule has 3 aromatic carbocycles. The molecule has 0 aliphatic carbocycles. The summed E-state index contributed by atoms with van der Waals surface area (Å²) in [5.74, 6) is 1.59. The van der Waals surface area contributed by atoms with E-state index in [1.807, 2.05) is 61.2 Å². The van der Waals surface area contributed by atoms with Crippen molar-refractivity contribution in [2.45, 2.75) is 106 Å². The van der Waals surface area contributed by atoms with Gasteiger partial charge in [-0.05, 0) is 141 Å². The average molecular weight is 1200 g/mol. The number of nitrogens with zero attached hydrogens (tertiary/aromatic N) is 4. The van der Waals surface area contributed by atoms with E-state index in [2.05, 4.69) is 123 Å². The fourth-order valence-corrected chi connectivity index (χ4v) is 6.57. The molecule has 0 saturated heterocycles. The SMILES string of the molecule is Br.Br.Br.Br.Cc1c(-c2cc(C(C)C)c(N=Cc3ccccn3)c(C(C)C)c2)cc(C(C)C)cc1-c1cc(C(C)C)c(N=Cc2ccccn2)c(C(C)C)c1.[Pd].[Pd]. The van der Waals surface area contributed by atoms with Gasteiger partial charge in [0.2, 0.25) is 0 Å². The molecule has 56 heavy (non-hydrogen) atoms. The molecule has 5 rings (SSSR count). The maximum Gasteiger partial charge on any atom is 0.0812 e. The first-order valence-corrected chi connectivity index (χ1v) is 18.3. The Bertz CT molecular complexity index is 1820. The van der Waals surface area contributed by atoms with Gasteiger partial charge in [-0.1, -0.05) is 93.5 Å². The molecule has 310 valence electrons. The van der Waals surface area contributed by atoms with Crippen molar-refractivity contribution in [3.63, 3.8) is 0 Å². The Balaban J connectivity index is 0. The zero-order chi connectivity index (χ0) is 36.1. The van der Waals surface area contributed by atoms with Gasteiger partial charge in [-0.15, -0.1) is 67.9 Å². The van der Waals surface area contributed by atoms with Crippen molar-refractivity contribution >= 4 is 91.7 Å². The fraction of sp³-hybridized carbons (Fsp3) is 0.348. The second-order valence-corrected chi connectivity index (χ2v) is 15.0. The summed E-state index contributed by atoms with van der Waals surface area (Å²) < 4.78 is 0. The number of hydrogen-bond donors (Lipinski definition) is 0. The maximum atomic E-state index is 5.08. The van der Waals surface area contributed by atoms with Crippen molar-refractivity contribution < 1.29 is 40.8 Å². The minimum atomic E-state index is 0. The predicted octanol–water partition coefficient (Wildman–Crippen LogP) is 15.5. The molecule has 0 radical (unpaired) electrons. The zero-order valence-electron chi connectivity index (χ0n) is 34.2. The molecular formula is C46H58Br4N4Pd2. The van der Waals surface area contributed by atoms with Crippen LogP contribution in [0.4, 0.5) is 11.4 Å². The van der Waals surface area contributed by atoms with Gasteiger partial charge in [-0.3, -0.25) is 20.0 Å². The van der Waals surface area contributed by atoms with Crippen molar-refractivity contribution in [1.29, 1.82) is 0 Å². The molecule has 0 fully saturated rings. The molecular weight excluding hydrogens is 1140 g/mol. The Morgan fingerprint density at radius 1 is 0.464 bits per heavy atom. The first kappa shape index (κ1) is 56.6. The largest absolute Gasteiger partial charge is 0.255 e. The summed E-state index contributed by atoms with van der Waals surface area (Å²) in [6, 6.07) is 26.2. The van der Waals surface area contributed by atoms with E-state index >= 15 is 0 Å². The van der Waals surface area contributed by atoms with Crippen molar-refractivity contribution in [3.05, 3.63) is 130 Å². The van der Waals surface area contributed by atoms with E-state index in [9.17, 15) is 0 Å². The van der Waals surface area contributed by atoms with Gasteiger partial charge < -0.3 is 0 Å². The van der Waals surface area contributed by atoms with Crippen molar-refractivity contribution in [3.8, 4) is 22.3 Å². The van der Waals surface area contributed by atoms with E-state index in [1.165, 1.54) is 55.6 Å². The quantitative estimate of drug-likeness (QED) is 0.0977.